The molecule has 0 aliphatic heterocycles. The van der Waals surface area contributed by atoms with E-state index in [1.807, 2.05) is 0 Å². The van der Waals surface area contributed by atoms with E-state index in [2.05, 4.69) is 4.98 Å². The van der Waals surface area contributed by atoms with Crippen molar-refractivity contribution in [2.75, 3.05) is 6.61 Å². The zero-order valence-corrected chi connectivity index (χ0v) is 6.28. The molecular formula is C8H9NO2. The lowest BCUT2D eigenvalue weighted by atomic mass is 10.9. The second-order valence-electron chi connectivity index (χ2n) is 1.96. The van der Waals surface area contributed by atoms with Crippen molar-refractivity contribution in [3.63, 3.8) is 0 Å². The van der Waals surface area contributed by atoms with Crippen molar-refractivity contribution in [3.05, 3.63) is 30.1 Å². The van der Waals surface area contributed by atoms with Gasteiger partial charge in [0.25, 0.3) is 0 Å². The summed E-state index contributed by atoms with van der Waals surface area (Å²) >= 11 is 0. The standard InChI is InChI=1S/C8H9NO2/c1-2-11-8(10)7-4-3-5-9-6-7/h3-6H,2H2,1H3/i1+1,3+1,4+1,5+1,6+1,7+1. The molecular weight excluding hydrogens is 148 g/mol. The van der Waals surface area contributed by atoms with Gasteiger partial charge in [0.15, 0.2) is 0 Å². The third kappa shape index (κ3) is 2.04. The SMILES string of the molecule is [13CH3]COC(=O)[13c]1[13cH][13cH][13cH]n[13cH]1. The molecule has 3 heteroatoms. The minimum atomic E-state index is -0.319. The molecule has 0 amide bonds. The molecule has 0 aromatic carbocycles. The minimum Gasteiger partial charge on any atom is -0.462 e. The number of rotatable bonds is 2. The third-order valence-electron chi connectivity index (χ3n) is 1.17. The highest BCUT2D eigenvalue weighted by Gasteiger charge is 2.03. The van der Waals surface area contributed by atoms with E-state index in [1.54, 1.807) is 25.3 Å². The fourth-order valence-corrected chi connectivity index (χ4v) is 0.698. The van der Waals surface area contributed by atoms with E-state index >= 15 is 0 Å². The zero-order chi connectivity index (χ0) is 8.10. The quantitative estimate of drug-likeness (QED) is 0.479. The summed E-state index contributed by atoms with van der Waals surface area (Å²) in [4.78, 5) is 14.8. The predicted molar refractivity (Wildman–Crippen MR) is 40.2 cm³/mol. The van der Waals surface area contributed by atoms with Crippen LogP contribution in [0, 0.1) is 0 Å². The first-order chi connectivity index (χ1) is 5.34. The minimum absolute atomic E-state index is 0.319. The molecule has 1 aromatic rings. The largest absolute Gasteiger partial charge is 0.462 e. The van der Waals surface area contributed by atoms with Gasteiger partial charge in [-0.2, -0.15) is 0 Å². The maximum atomic E-state index is 11.0. The van der Waals surface area contributed by atoms with Crippen molar-refractivity contribution in [1.82, 2.24) is 4.98 Å². The first kappa shape index (κ1) is 7.72. The number of carbonyl (C=O) groups is 1. The number of hydrogen-bond acceptors (Lipinski definition) is 3. The molecule has 0 atom stereocenters. The van der Waals surface area contributed by atoms with Crippen molar-refractivity contribution >= 4 is 5.97 Å². The number of pyridine rings is 1. The second-order valence-corrected chi connectivity index (χ2v) is 1.96. The van der Waals surface area contributed by atoms with Gasteiger partial charge < -0.3 is 4.74 Å². The molecule has 0 aliphatic rings. The van der Waals surface area contributed by atoms with E-state index in [0.29, 0.717) is 12.2 Å². The van der Waals surface area contributed by atoms with Gasteiger partial charge in [-0.25, -0.2) is 4.79 Å². The van der Waals surface area contributed by atoms with Crippen molar-refractivity contribution in [2.45, 2.75) is 6.92 Å². The van der Waals surface area contributed by atoms with E-state index in [0.717, 1.165) is 0 Å². The van der Waals surface area contributed by atoms with Crippen LogP contribution in [-0.2, 0) is 4.74 Å². The smallest absolute Gasteiger partial charge is 0.339 e. The van der Waals surface area contributed by atoms with Gasteiger partial charge in [0.1, 0.15) is 0 Å². The molecule has 11 heavy (non-hydrogen) atoms. The Labute approximate surface area is 65.0 Å². The topological polar surface area (TPSA) is 39.2 Å². The summed E-state index contributed by atoms with van der Waals surface area (Å²) in [6.45, 7) is 2.17. The molecule has 3 nitrogen and oxygen atoms in total. The van der Waals surface area contributed by atoms with Crippen LogP contribution in [0.4, 0.5) is 0 Å². The molecule has 0 unspecified atom stereocenters. The summed E-state index contributed by atoms with van der Waals surface area (Å²) in [6.07, 6.45) is 3.10. The summed E-state index contributed by atoms with van der Waals surface area (Å²) in [5, 5.41) is 0. The van der Waals surface area contributed by atoms with Crippen LogP contribution < -0.4 is 0 Å². The van der Waals surface area contributed by atoms with Crippen molar-refractivity contribution in [1.29, 1.82) is 0 Å². The molecule has 0 radical (unpaired) electrons. The first-order valence-electron chi connectivity index (χ1n) is 3.41. The number of nitrogens with zero attached hydrogens (tertiary/aromatic N) is 1. The molecule has 58 valence electrons. The fraction of sp³-hybridized carbons (Fsp3) is 0.250. The molecule has 0 N–H and O–H groups in total. The number of carbonyl (C=O) groups excluding carboxylic acids is 1. The molecule has 1 aromatic heterocycles. The van der Waals surface area contributed by atoms with Gasteiger partial charge in [0.2, 0.25) is 0 Å². The van der Waals surface area contributed by atoms with Crippen LogP contribution in [0.2, 0.25) is 0 Å². The van der Waals surface area contributed by atoms with Gasteiger partial charge in [-0.15, -0.1) is 0 Å². The molecule has 1 rings (SSSR count). The van der Waals surface area contributed by atoms with E-state index < -0.39 is 0 Å². The van der Waals surface area contributed by atoms with Crippen LogP contribution in [0.15, 0.2) is 24.5 Å². The van der Waals surface area contributed by atoms with Crippen molar-refractivity contribution < 1.29 is 9.53 Å². The molecule has 0 fully saturated rings. The van der Waals surface area contributed by atoms with Gasteiger partial charge in [0.05, 0.1) is 12.2 Å². The van der Waals surface area contributed by atoms with Crippen molar-refractivity contribution in [3.8, 4) is 0 Å². The maximum Gasteiger partial charge on any atom is 0.339 e. The van der Waals surface area contributed by atoms with Gasteiger partial charge in [-0.05, 0) is 19.1 Å². The number of esters is 1. The number of aromatic nitrogens is 1. The van der Waals surface area contributed by atoms with Gasteiger partial charge in [-0.1, -0.05) is 0 Å². The van der Waals surface area contributed by atoms with Crippen LogP contribution >= 0.6 is 0 Å². The number of hydrogen-bond donors (Lipinski definition) is 0. The molecule has 0 bridgehead atoms. The fourth-order valence-electron chi connectivity index (χ4n) is 0.698. The van der Waals surface area contributed by atoms with Gasteiger partial charge in [0, 0.05) is 12.4 Å². The van der Waals surface area contributed by atoms with Crippen LogP contribution in [-0.4, -0.2) is 17.6 Å². The Kier molecular flexibility index (Phi) is 2.60. The Balaban J connectivity index is 2.69. The average molecular weight is 157 g/mol. The normalized spacial score (nSPS) is 9.18. The summed E-state index contributed by atoms with van der Waals surface area (Å²) in [7, 11) is 0. The Morgan fingerprint density at radius 3 is 3.09 bits per heavy atom. The first-order valence-corrected chi connectivity index (χ1v) is 3.41. The predicted octanol–water partition coefficient (Wildman–Crippen LogP) is 1.26. The highest BCUT2D eigenvalue weighted by atomic mass is 16.5. The molecule has 0 spiro atoms. The summed E-state index contributed by atoms with van der Waals surface area (Å²) < 4.78 is 4.75. The van der Waals surface area contributed by atoms with Crippen molar-refractivity contribution in [2.24, 2.45) is 0 Å². The maximum absolute atomic E-state index is 11.0. The Morgan fingerprint density at radius 1 is 1.73 bits per heavy atom. The van der Waals surface area contributed by atoms with Gasteiger partial charge in [-0.3, -0.25) is 4.98 Å². The molecule has 1 heterocycles. The summed E-state index contributed by atoms with van der Waals surface area (Å²) in [6, 6.07) is 3.37. The Bertz CT molecular complexity index is 233. The molecule has 0 saturated heterocycles. The van der Waals surface area contributed by atoms with E-state index in [-0.39, 0.29) is 5.97 Å². The van der Waals surface area contributed by atoms with Crippen LogP contribution in [0.25, 0.3) is 0 Å². The monoisotopic (exact) mass is 157 g/mol. The van der Waals surface area contributed by atoms with Crippen LogP contribution in [0.3, 0.4) is 0 Å². The Hall–Kier alpha value is -1.38. The van der Waals surface area contributed by atoms with Crippen LogP contribution in [0.1, 0.15) is 17.3 Å². The molecule has 0 saturated carbocycles. The lowest BCUT2D eigenvalue weighted by Crippen LogP contribution is -2.04. The Morgan fingerprint density at radius 2 is 2.55 bits per heavy atom. The van der Waals surface area contributed by atoms with E-state index in [9.17, 15) is 4.79 Å². The highest BCUT2D eigenvalue weighted by Crippen LogP contribution is 1.97. The lowest BCUT2D eigenvalue weighted by Gasteiger charge is -1.98. The number of ether oxygens (including phenoxy) is 1. The van der Waals surface area contributed by atoms with E-state index in [4.69, 9.17) is 4.74 Å². The van der Waals surface area contributed by atoms with Crippen LogP contribution in [0.5, 0.6) is 0 Å². The van der Waals surface area contributed by atoms with E-state index in [1.165, 1.54) is 6.20 Å². The zero-order valence-electron chi connectivity index (χ0n) is 6.28. The third-order valence-corrected chi connectivity index (χ3v) is 1.17. The second kappa shape index (κ2) is 3.71. The van der Waals surface area contributed by atoms with Gasteiger partial charge >= 0.3 is 5.97 Å². The highest BCUT2D eigenvalue weighted by molar-refractivity contribution is 5.88. The average Bonchev–Trinajstić information content (AvgIpc) is 2.07. The molecule has 0 aliphatic carbocycles. The lowest BCUT2D eigenvalue weighted by molar-refractivity contribution is 0.0526. The summed E-state index contributed by atoms with van der Waals surface area (Å²) in [5.41, 5.74) is 0.495. The summed E-state index contributed by atoms with van der Waals surface area (Å²) in [5.74, 6) is -0.319.